The number of amides is 1. The summed E-state index contributed by atoms with van der Waals surface area (Å²) < 4.78 is 5.37. The van der Waals surface area contributed by atoms with Gasteiger partial charge < -0.3 is 15.4 Å². The molecule has 0 aliphatic carbocycles. The Hall–Kier alpha value is -1.55. The van der Waals surface area contributed by atoms with Gasteiger partial charge in [0, 0.05) is 13.1 Å². The maximum Gasteiger partial charge on any atom is 0.264 e. The summed E-state index contributed by atoms with van der Waals surface area (Å²) in [5.74, 6) is 0.762. The van der Waals surface area contributed by atoms with E-state index in [1.54, 1.807) is 11.9 Å². The molecule has 0 fully saturated rings. The van der Waals surface area contributed by atoms with E-state index < -0.39 is 0 Å². The van der Waals surface area contributed by atoms with Crippen molar-refractivity contribution in [3.8, 4) is 5.75 Å². The molecule has 0 saturated carbocycles. The molecule has 0 radical (unpaired) electrons. The van der Waals surface area contributed by atoms with Gasteiger partial charge in [0.05, 0.1) is 5.69 Å². The molecule has 1 aliphatic heterocycles. The number of anilines is 1. The van der Waals surface area contributed by atoms with Gasteiger partial charge in [0.15, 0.2) is 6.61 Å². The van der Waals surface area contributed by atoms with Crippen molar-refractivity contribution in [2.24, 2.45) is 5.73 Å². The first-order valence-electron chi connectivity index (χ1n) is 5.86. The summed E-state index contributed by atoms with van der Waals surface area (Å²) in [5, 5.41) is 0. The summed E-state index contributed by atoms with van der Waals surface area (Å²) in [6, 6.07) is 6.16. The minimum absolute atomic E-state index is 0.0122. The summed E-state index contributed by atoms with van der Waals surface area (Å²) in [4.78, 5) is 13.2. The van der Waals surface area contributed by atoms with Gasteiger partial charge in [-0.25, -0.2) is 0 Å². The summed E-state index contributed by atoms with van der Waals surface area (Å²) in [5.41, 5.74) is 7.77. The Morgan fingerprint density at radius 3 is 3.00 bits per heavy atom. The van der Waals surface area contributed by atoms with Crippen LogP contribution in [-0.4, -0.2) is 25.6 Å². The first kappa shape index (κ1) is 11.9. The van der Waals surface area contributed by atoms with Crippen molar-refractivity contribution in [2.45, 2.75) is 25.8 Å². The number of nitrogens with zero attached hydrogens (tertiary/aromatic N) is 1. The topological polar surface area (TPSA) is 55.6 Å². The summed E-state index contributed by atoms with van der Waals surface area (Å²) in [7, 11) is 1.78. The third kappa shape index (κ3) is 2.58. The Labute approximate surface area is 101 Å². The van der Waals surface area contributed by atoms with Crippen LogP contribution in [0.2, 0.25) is 0 Å². The highest BCUT2D eigenvalue weighted by Crippen LogP contribution is 2.32. The van der Waals surface area contributed by atoms with E-state index in [9.17, 15) is 4.79 Å². The van der Waals surface area contributed by atoms with E-state index in [0.29, 0.717) is 0 Å². The molecule has 1 heterocycles. The Morgan fingerprint density at radius 2 is 2.29 bits per heavy atom. The quantitative estimate of drug-likeness (QED) is 0.858. The van der Waals surface area contributed by atoms with E-state index in [1.807, 2.05) is 25.1 Å². The molecular weight excluding hydrogens is 216 g/mol. The summed E-state index contributed by atoms with van der Waals surface area (Å²) in [6.45, 7) is 2.12. The largest absolute Gasteiger partial charge is 0.482 e. The van der Waals surface area contributed by atoms with Crippen molar-refractivity contribution < 1.29 is 9.53 Å². The molecule has 1 aromatic carbocycles. The zero-order chi connectivity index (χ0) is 12.4. The molecule has 1 amide bonds. The number of hydrogen-bond donors (Lipinski definition) is 1. The van der Waals surface area contributed by atoms with Crippen LogP contribution in [0, 0.1) is 0 Å². The molecule has 1 unspecified atom stereocenters. The van der Waals surface area contributed by atoms with Gasteiger partial charge in [-0.05, 0) is 37.5 Å². The zero-order valence-electron chi connectivity index (χ0n) is 10.3. The lowest BCUT2D eigenvalue weighted by Gasteiger charge is -2.26. The zero-order valence-corrected chi connectivity index (χ0v) is 10.3. The number of nitrogens with two attached hydrogens (primary N) is 1. The molecule has 1 aromatic rings. The predicted octanol–water partition coefficient (Wildman–Crippen LogP) is 1.32. The Morgan fingerprint density at radius 1 is 1.53 bits per heavy atom. The van der Waals surface area contributed by atoms with E-state index in [4.69, 9.17) is 10.5 Å². The van der Waals surface area contributed by atoms with E-state index >= 15 is 0 Å². The Kier molecular flexibility index (Phi) is 3.33. The maximum atomic E-state index is 11.5. The van der Waals surface area contributed by atoms with Crippen molar-refractivity contribution in [3.63, 3.8) is 0 Å². The lowest BCUT2D eigenvalue weighted by atomic mass is 10.0. The fraction of sp³-hybridized carbons (Fsp3) is 0.462. The number of carbonyl (C=O) groups is 1. The van der Waals surface area contributed by atoms with Crippen molar-refractivity contribution in [1.29, 1.82) is 0 Å². The van der Waals surface area contributed by atoms with E-state index in [2.05, 4.69) is 0 Å². The number of carbonyl (C=O) groups excluding carboxylic acids is 1. The number of fused-ring (bicyclic) bond motifs is 1. The van der Waals surface area contributed by atoms with Crippen LogP contribution in [0.3, 0.4) is 0 Å². The van der Waals surface area contributed by atoms with Gasteiger partial charge in [0.1, 0.15) is 5.75 Å². The minimum Gasteiger partial charge on any atom is -0.482 e. The molecule has 1 aliphatic rings. The van der Waals surface area contributed by atoms with Gasteiger partial charge in [-0.1, -0.05) is 6.07 Å². The van der Waals surface area contributed by atoms with E-state index in [0.717, 1.165) is 24.3 Å². The molecule has 17 heavy (non-hydrogen) atoms. The number of benzene rings is 1. The second-order valence-electron chi connectivity index (χ2n) is 4.56. The van der Waals surface area contributed by atoms with Crippen LogP contribution >= 0.6 is 0 Å². The van der Waals surface area contributed by atoms with Crippen LogP contribution in [0.4, 0.5) is 5.69 Å². The molecule has 2 rings (SSSR count). The van der Waals surface area contributed by atoms with Gasteiger partial charge in [-0.3, -0.25) is 4.79 Å². The Balaban J connectivity index is 2.20. The van der Waals surface area contributed by atoms with Gasteiger partial charge in [-0.2, -0.15) is 0 Å². The number of rotatable bonds is 3. The van der Waals surface area contributed by atoms with Crippen LogP contribution in [0.5, 0.6) is 5.75 Å². The number of ether oxygens (including phenoxy) is 1. The van der Waals surface area contributed by atoms with E-state index in [-0.39, 0.29) is 18.6 Å². The fourth-order valence-corrected chi connectivity index (χ4v) is 1.87. The fourth-order valence-electron chi connectivity index (χ4n) is 1.87. The second kappa shape index (κ2) is 4.75. The van der Waals surface area contributed by atoms with Gasteiger partial charge in [0.2, 0.25) is 0 Å². The molecule has 0 saturated heterocycles. The molecule has 1 atom stereocenters. The number of hydrogen-bond acceptors (Lipinski definition) is 3. The van der Waals surface area contributed by atoms with Crippen molar-refractivity contribution in [1.82, 2.24) is 0 Å². The third-order valence-corrected chi connectivity index (χ3v) is 3.00. The average Bonchev–Trinajstić information content (AvgIpc) is 2.31. The third-order valence-electron chi connectivity index (χ3n) is 3.00. The molecule has 4 nitrogen and oxygen atoms in total. The molecule has 92 valence electrons. The van der Waals surface area contributed by atoms with Crippen LogP contribution in [-0.2, 0) is 11.2 Å². The monoisotopic (exact) mass is 234 g/mol. The van der Waals surface area contributed by atoms with Crippen LogP contribution in [0.1, 0.15) is 18.9 Å². The van der Waals surface area contributed by atoms with Crippen molar-refractivity contribution in [2.75, 3.05) is 18.6 Å². The average molecular weight is 234 g/mol. The van der Waals surface area contributed by atoms with Crippen molar-refractivity contribution in [3.05, 3.63) is 23.8 Å². The number of aryl methyl sites for hydroxylation is 1. The molecule has 0 bridgehead atoms. The lowest BCUT2D eigenvalue weighted by Crippen LogP contribution is -2.35. The maximum absolute atomic E-state index is 11.5. The van der Waals surface area contributed by atoms with E-state index in [1.165, 1.54) is 5.56 Å². The molecule has 0 aromatic heterocycles. The highest BCUT2D eigenvalue weighted by Gasteiger charge is 2.22. The first-order chi connectivity index (χ1) is 8.08. The minimum atomic E-state index is -0.0122. The van der Waals surface area contributed by atoms with Crippen LogP contribution in [0.25, 0.3) is 0 Å². The molecular formula is C13H18N2O2. The highest BCUT2D eigenvalue weighted by atomic mass is 16.5. The molecule has 2 N–H and O–H groups in total. The SMILES string of the molecule is CC(N)CCc1ccc2c(c1)N(C)C(=O)CO2. The number of likely N-dealkylation sites (N-methyl/N-ethyl adjacent to an activating group) is 1. The summed E-state index contributed by atoms with van der Waals surface area (Å²) in [6.07, 6.45) is 1.87. The standard InChI is InChI=1S/C13H18N2O2/c1-9(14)3-4-10-5-6-12-11(7-10)15(2)13(16)8-17-12/h5-7,9H,3-4,8,14H2,1-2H3. The van der Waals surface area contributed by atoms with Gasteiger partial charge in [0.25, 0.3) is 5.91 Å². The predicted molar refractivity (Wildman–Crippen MR) is 67.3 cm³/mol. The van der Waals surface area contributed by atoms with Gasteiger partial charge >= 0.3 is 0 Å². The molecule has 4 heteroatoms. The highest BCUT2D eigenvalue weighted by molar-refractivity contribution is 5.97. The Bertz CT molecular complexity index is 429. The lowest BCUT2D eigenvalue weighted by molar-refractivity contribution is -0.120. The summed E-state index contributed by atoms with van der Waals surface area (Å²) >= 11 is 0. The van der Waals surface area contributed by atoms with Crippen LogP contribution in [0.15, 0.2) is 18.2 Å². The molecule has 0 spiro atoms. The second-order valence-corrected chi connectivity index (χ2v) is 4.56. The normalized spacial score (nSPS) is 16.4. The van der Waals surface area contributed by atoms with Crippen molar-refractivity contribution >= 4 is 11.6 Å². The van der Waals surface area contributed by atoms with Gasteiger partial charge in [-0.15, -0.1) is 0 Å². The smallest absolute Gasteiger partial charge is 0.264 e. The first-order valence-corrected chi connectivity index (χ1v) is 5.86. The van der Waals surface area contributed by atoms with Crippen LogP contribution < -0.4 is 15.4 Å².